The van der Waals surface area contributed by atoms with Gasteiger partial charge in [-0.15, -0.1) is 0 Å². The second-order valence-corrected chi connectivity index (χ2v) is 6.13. The van der Waals surface area contributed by atoms with Crippen molar-refractivity contribution in [1.82, 2.24) is 0 Å². The largest absolute Gasteiger partial charge is 0.486 e. The summed E-state index contributed by atoms with van der Waals surface area (Å²) < 4.78 is 26.5. The van der Waals surface area contributed by atoms with Crippen molar-refractivity contribution in [3.63, 3.8) is 0 Å². The normalized spacial score (nSPS) is 13.9. The number of benzene rings is 2. The Morgan fingerprint density at radius 3 is 2.44 bits per heavy atom. The first-order chi connectivity index (χ1) is 13.2. The van der Waals surface area contributed by atoms with E-state index in [0.29, 0.717) is 48.2 Å². The Hall–Kier alpha value is -3.22. The molecule has 0 saturated heterocycles. The van der Waals surface area contributed by atoms with E-state index in [9.17, 15) is 9.59 Å². The molecule has 2 aromatic rings. The average Bonchev–Trinajstić information content (AvgIpc) is 3.18. The van der Waals surface area contributed by atoms with Crippen molar-refractivity contribution in [2.45, 2.75) is 12.8 Å². The van der Waals surface area contributed by atoms with Crippen molar-refractivity contribution in [2.75, 3.05) is 26.6 Å². The van der Waals surface area contributed by atoms with Crippen LogP contribution in [-0.2, 0) is 16.0 Å². The molecule has 0 aromatic heterocycles. The fraction of sp³-hybridized carbons (Fsp3) is 0.300. The van der Waals surface area contributed by atoms with E-state index in [1.165, 1.54) is 0 Å². The first-order valence-electron chi connectivity index (χ1n) is 8.66. The number of hydrogen-bond acceptors (Lipinski definition) is 7. The molecule has 0 atom stereocenters. The van der Waals surface area contributed by atoms with Crippen molar-refractivity contribution < 1.29 is 33.3 Å². The molecule has 4 rings (SSSR count). The number of esters is 1. The van der Waals surface area contributed by atoms with Crippen LogP contribution in [0.3, 0.4) is 0 Å². The number of hydrogen-bond donors (Lipinski definition) is 0. The van der Waals surface area contributed by atoms with Gasteiger partial charge in [-0.1, -0.05) is 6.07 Å². The lowest BCUT2D eigenvalue weighted by atomic mass is 10.1. The summed E-state index contributed by atoms with van der Waals surface area (Å²) in [5.41, 5.74) is 1.36. The van der Waals surface area contributed by atoms with Crippen LogP contribution in [0.15, 0.2) is 36.4 Å². The predicted octanol–water partition coefficient (Wildman–Crippen LogP) is 2.55. The van der Waals surface area contributed by atoms with E-state index in [1.54, 1.807) is 18.2 Å². The number of Topliss-reactive ketones (excluding diaryl/α,β-unsaturated/α-hetero) is 1. The molecule has 0 N–H and O–H groups in total. The van der Waals surface area contributed by atoms with Crippen molar-refractivity contribution in [3.8, 4) is 23.0 Å². The number of carbonyl (C=O) groups is 2. The molecule has 0 amide bonds. The predicted molar refractivity (Wildman–Crippen MR) is 93.6 cm³/mol. The second kappa shape index (κ2) is 7.57. The molecule has 0 saturated carbocycles. The van der Waals surface area contributed by atoms with Gasteiger partial charge in [-0.3, -0.25) is 9.59 Å². The third kappa shape index (κ3) is 3.97. The Labute approximate surface area is 155 Å². The van der Waals surface area contributed by atoms with E-state index >= 15 is 0 Å². The molecule has 0 unspecified atom stereocenters. The molecule has 0 bridgehead atoms. The minimum Gasteiger partial charge on any atom is -0.486 e. The van der Waals surface area contributed by atoms with Gasteiger partial charge in [0.05, 0.1) is 0 Å². The van der Waals surface area contributed by atoms with Gasteiger partial charge in [0.25, 0.3) is 0 Å². The van der Waals surface area contributed by atoms with E-state index in [4.69, 9.17) is 23.7 Å². The summed E-state index contributed by atoms with van der Waals surface area (Å²) in [4.78, 5) is 24.2. The van der Waals surface area contributed by atoms with E-state index in [0.717, 1.165) is 5.56 Å². The lowest BCUT2D eigenvalue weighted by Crippen LogP contribution is -2.17. The molecular formula is C20H18O7. The minimum atomic E-state index is -0.432. The standard InChI is InChI=1S/C20H18O7/c21-15(14-3-5-16-19(10-14)24-8-7-23-16)11-25-20(22)6-2-13-1-4-17-18(9-13)27-12-26-17/h1,3-5,9-10H,2,6-8,11-12H2. The summed E-state index contributed by atoms with van der Waals surface area (Å²) in [5.74, 6) is 1.79. The monoisotopic (exact) mass is 370 g/mol. The van der Waals surface area contributed by atoms with E-state index in [-0.39, 0.29) is 25.6 Å². The fourth-order valence-corrected chi connectivity index (χ4v) is 2.86. The van der Waals surface area contributed by atoms with E-state index in [1.807, 2.05) is 18.2 Å². The lowest BCUT2D eigenvalue weighted by Gasteiger charge is -2.18. The van der Waals surface area contributed by atoms with Crippen LogP contribution < -0.4 is 18.9 Å². The van der Waals surface area contributed by atoms with Gasteiger partial charge in [-0.25, -0.2) is 0 Å². The molecule has 2 aliphatic rings. The topological polar surface area (TPSA) is 80.3 Å². The molecule has 7 nitrogen and oxygen atoms in total. The highest BCUT2D eigenvalue weighted by atomic mass is 16.7. The maximum Gasteiger partial charge on any atom is 0.306 e. The number of ketones is 1. The molecule has 2 aromatic carbocycles. The van der Waals surface area contributed by atoms with E-state index < -0.39 is 5.97 Å². The van der Waals surface area contributed by atoms with Crippen LogP contribution in [0.25, 0.3) is 0 Å². The van der Waals surface area contributed by atoms with Crippen molar-refractivity contribution in [1.29, 1.82) is 0 Å². The highest BCUT2D eigenvalue weighted by Gasteiger charge is 2.17. The molecular weight excluding hydrogens is 352 g/mol. The number of aryl methyl sites for hydroxylation is 1. The van der Waals surface area contributed by atoms with Crippen LogP contribution in [0.2, 0.25) is 0 Å². The SMILES string of the molecule is O=C(CCc1ccc2c(c1)OCO2)OCC(=O)c1ccc2c(c1)OCCO2. The van der Waals surface area contributed by atoms with Crippen LogP contribution >= 0.6 is 0 Å². The van der Waals surface area contributed by atoms with Crippen LogP contribution in [0.1, 0.15) is 22.3 Å². The molecule has 0 radical (unpaired) electrons. The molecule has 0 spiro atoms. The Bertz CT molecular complexity index is 875. The molecule has 0 aliphatic carbocycles. The minimum absolute atomic E-state index is 0.175. The Morgan fingerprint density at radius 1 is 0.852 bits per heavy atom. The van der Waals surface area contributed by atoms with Gasteiger partial charge in [-0.05, 0) is 42.3 Å². The quantitative estimate of drug-likeness (QED) is 0.571. The zero-order valence-electron chi connectivity index (χ0n) is 14.6. The highest BCUT2D eigenvalue weighted by molar-refractivity contribution is 5.98. The van der Waals surface area contributed by atoms with Gasteiger partial charge in [0.1, 0.15) is 13.2 Å². The van der Waals surface area contributed by atoms with Gasteiger partial charge in [0.2, 0.25) is 6.79 Å². The number of carbonyl (C=O) groups excluding carboxylic acids is 2. The summed E-state index contributed by atoms with van der Waals surface area (Å²) >= 11 is 0. The summed E-state index contributed by atoms with van der Waals surface area (Å²) in [6, 6.07) is 10.5. The number of rotatable bonds is 6. The number of ether oxygens (including phenoxy) is 5. The van der Waals surface area contributed by atoms with Gasteiger partial charge in [0, 0.05) is 12.0 Å². The van der Waals surface area contributed by atoms with Gasteiger partial charge < -0.3 is 23.7 Å². The van der Waals surface area contributed by atoms with Crippen molar-refractivity contribution in [3.05, 3.63) is 47.5 Å². The zero-order valence-corrected chi connectivity index (χ0v) is 14.6. The first-order valence-corrected chi connectivity index (χ1v) is 8.66. The van der Waals surface area contributed by atoms with Gasteiger partial charge in [0.15, 0.2) is 35.4 Å². The van der Waals surface area contributed by atoms with Gasteiger partial charge >= 0.3 is 5.97 Å². The summed E-state index contributed by atoms with van der Waals surface area (Å²) in [6.07, 6.45) is 0.668. The first kappa shape index (κ1) is 17.2. The zero-order chi connectivity index (χ0) is 18.6. The number of fused-ring (bicyclic) bond motifs is 2. The summed E-state index contributed by atoms with van der Waals surface area (Å²) in [6.45, 7) is 0.836. The van der Waals surface area contributed by atoms with Gasteiger partial charge in [-0.2, -0.15) is 0 Å². The van der Waals surface area contributed by atoms with Crippen LogP contribution in [0.5, 0.6) is 23.0 Å². The summed E-state index contributed by atoms with van der Waals surface area (Å²) in [7, 11) is 0. The maximum atomic E-state index is 12.2. The third-order valence-electron chi connectivity index (χ3n) is 4.28. The Morgan fingerprint density at radius 2 is 1.56 bits per heavy atom. The lowest BCUT2D eigenvalue weighted by molar-refractivity contribution is -0.142. The Kier molecular flexibility index (Phi) is 4.82. The average molecular weight is 370 g/mol. The van der Waals surface area contributed by atoms with Crippen molar-refractivity contribution >= 4 is 11.8 Å². The van der Waals surface area contributed by atoms with Crippen LogP contribution in [0.4, 0.5) is 0 Å². The smallest absolute Gasteiger partial charge is 0.306 e. The molecule has 0 fully saturated rings. The summed E-state index contributed by atoms with van der Waals surface area (Å²) in [5, 5.41) is 0. The maximum absolute atomic E-state index is 12.2. The van der Waals surface area contributed by atoms with E-state index in [2.05, 4.69) is 0 Å². The van der Waals surface area contributed by atoms with Crippen LogP contribution in [0, 0.1) is 0 Å². The highest BCUT2D eigenvalue weighted by Crippen LogP contribution is 2.33. The fourth-order valence-electron chi connectivity index (χ4n) is 2.86. The molecule has 140 valence electrons. The molecule has 27 heavy (non-hydrogen) atoms. The van der Waals surface area contributed by atoms with Crippen molar-refractivity contribution in [2.24, 2.45) is 0 Å². The Balaban J connectivity index is 1.27. The molecule has 2 heterocycles. The second-order valence-electron chi connectivity index (χ2n) is 6.13. The molecule has 7 heteroatoms. The molecule has 2 aliphatic heterocycles. The van der Waals surface area contributed by atoms with Crippen LogP contribution in [-0.4, -0.2) is 38.4 Å². The third-order valence-corrected chi connectivity index (χ3v) is 4.28.